The molecule has 7 nitrogen and oxygen atoms in total. The van der Waals surface area contributed by atoms with Gasteiger partial charge in [0, 0.05) is 23.1 Å². The number of likely N-dealkylation sites (N-methyl/N-ethyl adjacent to an activating group) is 1. The van der Waals surface area contributed by atoms with Gasteiger partial charge in [-0.15, -0.1) is 0 Å². The van der Waals surface area contributed by atoms with E-state index >= 15 is 0 Å². The molecule has 1 N–H and O–H groups in total. The zero-order chi connectivity index (χ0) is 24.1. The summed E-state index contributed by atoms with van der Waals surface area (Å²) in [4.78, 5) is 29.6. The molecule has 33 heavy (non-hydrogen) atoms. The number of halogens is 1. The van der Waals surface area contributed by atoms with Crippen LogP contribution in [0.25, 0.3) is 5.76 Å². The molecule has 176 valence electrons. The number of amides is 1. The zero-order valence-corrected chi connectivity index (χ0v) is 20.9. The lowest BCUT2D eigenvalue weighted by Crippen LogP contribution is -2.35. The Morgan fingerprint density at radius 1 is 1.03 bits per heavy atom. The molecular formula is C25H29BrN2O5. The number of ether oxygens (including phenoxy) is 2. The van der Waals surface area contributed by atoms with Gasteiger partial charge in [0.2, 0.25) is 0 Å². The molecule has 0 spiro atoms. The highest BCUT2D eigenvalue weighted by atomic mass is 79.9. The summed E-state index contributed by atoms with van der Waals surface area (Å²) in [5.74, 6) is -0.427. The van der Waals surface area contributed by atoms with E-state index < -0.39 is 17.7 Å². The smallest absolute Gasteiger partial charge is 0.295 e. The Labute approximate surface area is 202 Å². The highest BCUT2D eigenvalue weighted by molar-refractivity contribution is 9.10. The predicted octanol–water partition coefficient (Wildman–Crippen LogP) is 4.23. The number of likely N-dealkylation sites (tertiary alicyclic amines) is 1. The second-order valence-corrected chi connectivity index (χ2v) is 8.79. The first-order valence-corrected chi connectivity index (χ1v) is 11.7. The lowest BCUT2D eigenvalue weighted by atomic mass is 9.95. The van der Waals surface area contributed by atoms with Crippen molar-refractivity contribution in [3.8, 4) is 11.5 Å². The van der Waals surface area contributed by atoms with Crippen molar-refractivity contribution in [2.24, 2.45) is 0 Å². The topological polar surface area (TPSA) is 79.3 Å². The van der Waals surface area contributed by atoms with Crippen molar-refractivity contribution in [3.05, 3.63) is 63.6 Å². The van der Waals surface area contributed by atoms with Gasteiger partial charge in [-0.05, 0) is 57.8 Å². The quantitative estimate of drug-likeness (QED) is 0.305. The van der Waals surface area contributed by atoms with E-state index in [2.05, 4.69) is 15.9 Å². The maximum Gasteiger partial charge on any atom is 0.295 e. The Bertz CT molecular complexity index is 1050. The van der Waals surface area contributed by atoms with Crippen LogP contribution in [-0.4, -0.2) is 67.0 Å². The van der Waals surface area contributed by atoms with Gasteiger partial charge < -0.3 is 24.4 Å². The third-order valence-electron chi connectivity index (χ3n) is 5.33. The van der Waals surface area contributed by atoms with E-state index in [9.17, 15) is 14.7 Å². The molecule has 8 heteroatoms. The Balaban J connectivity index is 2.17. The second kappa shape index (κ2) is 10.9. The van der Waals surface area contributed by atoms with Crippen LogP contribution in [0.5, 0.6) is 11.5 Å². The van der Waals surface area contributed by atoms with Gasteiger partial charge in [-0.3, -0.25) is 9.59 Å². The van der Waals surface area contributed by atoms with Crippen molar-refractivity contribution < 1.29 is 24.2 Å². The monoisotopic (exact) mass is 516 g/mol. The second-order valence-electron chi connectivity index (χ2n) is 7.87. The summed E-state index contributed by atoms with van der Waals surface area (Å²) >= 11 is 3.38. The normalized spacial score (nSPS) is 17.6. The third-order valence-corrected chi connectivity index (χ3v) is 5.86. The highest BCUT2D eigenvalue weighted by Crippen LogP contribution is 2.42. The summed E-state index contributed by atoms with van der Waals surface area (Å²) in [6, 6.07) is 11.6. The summed E-state index contributed by atoms with van der Waals surface area (Å²) in [7, 11) is 3.80. The van der Waals surface area contributed by atoms with Crippen LogP contribution in [0, 0.1) is 0 Å². The van der Waals surface area contributed by atoms with E-state index in [1.807, 2.05) is 38.9 Å². The summed E-state index contributed by atoms with van der Waals surface area (Å²) in [6.07, 6.45) is 0. The summed E-state index contributed by atoms with van der Waals surface area (Å²) in [5, 5.41) is 11.1. The van der Waals surface area contributed by atoms with Gasteiger partial charge in [-0.2, -0.15) is 0 Å². The molecule has 0 saturated carbocycles. The van der Waals surface area contributed by atoms with Gasteiger partial charge in [0.1, 0.15) is 5.76 Å². The average molecular weight is 517 g/mol. The Kier molecular flexibility index (Phi) is 8.15. The van der Waals surface area contributed by atoms with E-state index in [0.717, 1.165) is 4.47 Å². The number of aliphatic hydroxyl groups is 1. The SMILES string of the molecule is CCOc1ccc([C@@H]2C(=C(O)c3ccc(Br)cc3)C(=O)C(=O)N2CCN(C)C)cc1OCC. The molecule has 0 unspecified atom stereocenters. The van der Waals surface area contributed by atoms with Crippen LogP contribution in [-0.2, 0) is 9.59 Å². The first-order valence-electron chi connectivity index (χ1n) is 10.9. The van der Waals surface area contributed by atoms with Crippen LogP contribution in [0.2, 0.25) is 0 Å². The summed E-state index contributed by atoms with van der Waals surface area (Å²) < 4.78 is 12.3. The van der Waals surface area contributed by atoms with Gasteiger partial charge >= 0.3 is 0 Å². The summed E-state index contributed by atoms with van der Waals surface area (Å²) in [6.45, 7) is 5.57. The van der Waals surface area contributed by atoms with Crippen molar-refractivity contribution in [2.45, 2.75) is 19.9 Å². The van der Waals surface area contributed by atoms with E-state index in [0.29, 0.717) is 48.9 Å². The van der Waals surface area contributed by atoms with Crippen molar-refractivity contribution in [1.82, 2.24) is 9.80 Å². The number of ketones is 1. The van der Waals surface area contributed by atoms with Crippen LogP contribution >= 0.6 is 15.9 Å². The Morgan fingerprint density at radius 2 is 1.67 bits per heavy atom. The molecule has 2 aromatic rings. The number of hydrogen-bond donors (Lipinski definition) is 1. The minimum absolute atomic E-state index is 0.0627. The van der Waals surface area contributed by atoms with Gasteiger partial charge in [0.05, 0.1) is 24.8 Å². The molecule has 1 fully saturated rings. The highest BCUT2D eigenvalue weighted by Gasteiger charge is 2.46. The molecule has 0 aromatic heterocycles. The van der Waals surface area contributed by atoms with Gasteiger partial charge in [0.25, 0.3) is 11.7 Å². The van der Waals surface area contributed by atoms with Crippen LogP contribution in [0.15, 0.2) is 52.5 Å². The van der Waals surface area contributed by atoms with Crippen LogP contribution in [0.3, 0.4) is 0 Å². The number of hydrogen-bond acceptors (Lipinski definition) is 6. The molecule has 1 atom stereocenters. The molecule has 1 amide bonds. The minimum atomic E-state index is -0.747. The number of benzene rings is 2. The van der Waals surface area contributed by atoms with Crippen molar-refractivity contribution >= 4 is 33.4 Å². The van der Waals surface area contributed by atoms with Crippen LogP contribution < -0.4 is 9.47 Å². The van der Waals surface area contributed by atoms with E-state index in [1.54, 1.807) is 36.4 Å². The third kappa shape index (κ3) is 5.39. The Hall–Kier alpha value is -2.84. The molecule has 1 heterocycles. The van der Waals surface area contributed by atoms with E-state index in [1.165, 1.54) is 4.90 Å². The maximum absolute atomic E-state index is 13.1. The minimum Gasteiger partial charge on any atom is -0.507 e. The number of rotatable bonds is 9. The predicted molar refractivity (Wildman–Crippen MR) is 130 cm³/mol. The molecule has 3 rings (SSSR count). The molecular weight excluding hydrogens is 488 g/mol. The van der Waals surface area contributed by atoms with Crippen molar-refractivity contribution in [2.75, 3.05) is 40.4 Å². The lowest BCUT2D eigenvalue weighted by molar-refractivity contribution is -0.140. The van der Waals surface area contributed by atoms with Gasteiger partial charge in [0.15, 0.2) is 11.5 Å². The van der Waals surface area contributed by atoms with E-state index in [4.69, 9.17) is 9.47 Å². The molecule has 1 aliphatic rings. The lowest BCUT2D eigenvalue weighted by Gasteiger charge is -2.27. The molecule has 2 aromatic carbocycles. The Morgan fingerprint density at radius 3 is 2.27 bits per heavy atom. The summed E-state index contributed by atoms with van der Waals surface area (Å²) in [5.41, 5.74) is 1.19. The van der Waals surface area contributed by atoms with Gasteiger partial charge in [-0.1, -0.05) is 34.1 Å². The fraction of sp³-hybridized carbons (Fsp3) is 0.360. The maximum atomic E-state index is 13.1. The van der Waals surface area contributed by atoms with Gasteiger partial charge in [-0.25, -0.2) is 0 Å². The van der Waals surface area contributed by atoms with Crippen molar-refractivity contribution in [1.29, 1.82) is 0 Å². The van der Waals surface area contributed by atoms with Crippen LogP contribution in [0.1, 0.15) is 31.0 Å². The molecule has 0 radical (unpaired) electrons. The molecule has 1 aliphatic heterocycles. The largest absolute Gasteiger partial charge is 0.507 e. The number of aliphatic hydroxyl groups excluding tert-OH is 1. The van der Waals surface area contributed by atoms with Crippen LogP contribution in [0.4, 0.5) is 0 Å². The standard InChI is InChI=1S/C25H29BrN2O5/c1-5-32-19-12-9-17(15-20(19)33-6-2)22-21(23(29)16-7-10-18(26)11-8-16)24(30)25(31)28(22)14-13-27(3)4/h7-12,15,22,29H,5-6,13-14H2,1-4H3/t22-/m1/s1. The fourth-order valence-corrected chi connectivity index (χ4v) is 4.03. The first-order chi connectivity index (χ1) is 15.8. The first kappa shape index (κ1) is 24.8. The zero-order valence-electron chi connectivity index (χ0n) is 19.3. The number of nitrogens with zero attached hydrogens (tertiary/aromatic N) is 2. The number of Topliss-reactive ketones (excluding diaryl/α,β-unsaturated/α-hetero) is 1. The van der Waals surface area contributed by atoms with Crippen molar-refractivity contribution in [3.63, 3.8) is 0 Å². The van der Waals surface area contributed by atoms with E-state index in [-0.39, 0.29) is 11.3 Å². The number of carbonyl (C=O) groups is 2. The fourth-order valence-electron chi connectivity index (χ4n) is 3.77. The average Bonchev–Trinajstić information content (AvgIpc) is 3.04. The molecule has 1 saturated heterocycles. The molecule has 0 bridgehead atoms. The number of carbonyl (C=O) groups excluding carboxylic acids is 2. The molecule has 0 aliphatic carbocycles.